The quantitative estimate of drug-likeness (QED) is 0.920. The number of aromatic nitrogens is 3. The summed E-state index contributed by atoms with van der Waals surface area (Å²) in [7, 11) is -3.25. The smallest absolute Gasteiger partial charge is 0.161 e. The lowest BCUT2D eigenvalue weighted by Crippen LogP contribution is -2.09. The van der Waals surface area contributed by atoms with E-state index < -0.39 is 9.84 Å². The molecular weight excluding hydrogens is 286 g/mol. The zero-order valence-electron chi connectivity index (χ0n) is 12.3. The van der Waals surface area contributed by atoms with Crippen molar-refractivity contribution in [3.05, 3.63) is 46.5 Å². The maximum atomic E-state index is 12.3. The van der Waals surface area contributed by atoms with Crippen LogP contribution in [-0.4, -0.2) is 23.6 Å². The number of benzene rings is 1. The van der Waals surface area contributed by atoms with Crippen molar-refractivity contribution in [2.24, 2.45) is 0 Å². The fraction of sp³-hybridized carbons (Fsp3) is 0.467. The van der Waals surface area contributed by atoms with Gasteiger partial charge in [-0.15, -0.1) is 0 Å². The Morgan fingerprint density at radius 2 is 1.81 bits per heavy atom. The van der Waals surface area contributed by atoms with Gasteiger partial charge in [0, 0.05) is 5.92 Å². The van der Waals surface area contributed by atoms with Crippen LogP contribution in [0.25, 0.3) is 0 Å². The van der Waals surface area contributed by atoms with Crippen molar-refractivity contribution >= 4 is 9.84 Å². The van der Waals surface area contributed by atoms with E-state index in [2.05, 4.69) is 15.2 Å². The average Bonchev–Trinajstić information content (AvgIpc) is 3.08. The fourth-order valence-electron chi connectivity index (χ4n) is 2.56. The molecular formula is C15H19N3O2S. The van der Waals surface area contributed by atoms with Crippen molar-refractivity contribution in [2.45, 2.75) is 44.1 Å². The molecule has 6 heteroatoms. The Hall–Kier alpha value is -1.69. The van der Waals surface area contributed by atoms with Gasteiger partial charge in [-0.05, 0) is 32.3 Å². The predicted molar refractivity (Wildman–Crippen MR) is 80.6 cm³/mol. The SMILES string of the molecule is Cc1cc(C)cc(CS(=O)(=O)Cc2nc(C3CC3)n[nH]2)c1. The lowest BCUT2D eigenvalue weighted by atomic mass is 10.1. The largest absolute Gasteiger partial charge is 0.262 e. The molecule has 2 aromatic rings. The number of hydrogen-bond donors (Lipinski definition) is 1. The molecule has 1 saturated carbocycles. The van der Waals surface area contributed by atoms with Crippen LogP contribution in [0.5, 0.6) is 0 Å². The molecule has 5 nitrogen and oxygen atoms in total. The number of rotatable bonds is 5. The molecule has 112 valence electrons. The van der Waals surface area contributed by atoms with Gasteiger partial charge in [0.2, 0.25) is 0 Å². The molecule has 0 unspecified atom stereocenters. The second kappa shape index (κ2) is 5.26. The summed E-state index contributed by atoms with van der Waals surface area (Å²) in [5, 5.41) is 6.85. The van der Waals surface area contributed by atoms with Gasteiger partial charge < -0.3 is 0 Å². The van der Waals surface area contributed by atoms with E-state index in [4.69, 9.17) is 0 Å². The third-order valence-corrected chi connectivity index (χ3v) is 5.00. The first-order valence-electron chi connectivity index (χ1n) is 7.10. The highest BCUT2D eigenvalue weighted by Gasteiger charge is 2.28. The second-order valence-electron chi connectivity index (χ2n) is 5.94. The first-order valence-corrected chi connectivity index (χ1v) is 8.92. The van der Waals surface area contributed by atoms with E-state index in [1.54, 1.807) is 0 Å². The summed E-state index contributed by atoms with van der Waals surface area (Å²) in [6.45, 7) is 3.95. The highest BCUT2D eigenvalue weighted by molar-refractivity contribution is 7.89. The first kappa shape index (κ1) is 14.3. The van der Waals surface area contributed by atoms with Crippen LogP contribution in [0.2, 0.25) is 0 Å². The third-order valence-electron chi connectivity index (χ3n) is 3.52. The fourth-order valence-corrected chi connectivity index (χ4v) is 3.89. The van der Waals surface area contributed by atoms with Crippen LogP contribution in [0.1, 0.15) is 47.1 Å². The molecule has 1 aliphatic carbocycles. The van der Waals surface area contributed by atoms with Gasteiger partial charge in [0.15, 0.2) is 15.7 Å². The lowest BCUT2D eigenvalue weighted by molar-refractivity contribution is 0.593. The van der Waals surface area contributed by atoms with Crippen molar-refractivity contribution in [1.29, 1.82) is 0 Å². The summed E-state index contributed by atoms with van der Waals surface area (Å²) in [4.78, 5) is 4.29. The Kier molecular flexibility index (Phi) is 3.57. The molecule has 0 spiro atoms. The van der Waals surface area contributed by atoms with E-state index >= 15 is 0 Å². The lowest BCUT2D eigenvalue weighted by Gasteiger charge is -2.05. The maximum Gasteiger partial charge on any atom is 0.161 e. The number of sulfone groups is 1. The van der Waals surface area contributed by atoms with E-state index in [0.29, 0.717) is 11.7 Å². The number of H-pyrrole nitrogens is 1. The summed E-state index contributed by atoms with van der Waals surface area (Å²) in [6, 6.07) is 5.87. The highest BCUT2D eigenvalue weighted by Crippen LogP contribution is 2.37. The Labute approximate surface area is 124 Å². The van der Waals surface area contributed by atoms with E-state index in [0.717, 1.165) is 35.4 Å². The Morgan fingerprint density at radius 3 is 2.43 bits per heavy atom. The molecule has 0 aliphatic heterocycles. The van der Waals surface area contributed by atoms with Crippen LogP contribution in [0, 0.1) is 13.8 Å². The Morgan fingerprint density at radius 1 is 1.14 bits per heavy atom. The van der Waals surface area contributed by atoms with E-state index in [9.17, 15) is 8.42 Å². The second-order valence-corrected chi connectivity index (χ2v) is 8.01. The van der Waals surface area contributed by atoms with Crippen molar-refractivity contribution in [3.63, 3.8) is 0 Å². The molecule has 1 aliphatic rings. The molecule has 3 rings (SSSR count). The number of aromatic amines is 1. The number of nitrogens with one attached hydrogen (secondary N) is 1. The molecule has 21 heavy (non-hydrogen) atoms. The molecule has 1 heterocycles. The standard InChI is InChI=1S/C15H19N3O2S/c1-10-5-11(2)7-12(6-10)8-21(19,20)9-14-16-15(18-17-14)13-3-4-13/h5-7,13H,3-4,8-9H2,1-2H3,(H,16,17,18). The minimum absolute atomic E-state index is 0.0367. The highest BCUT2D eigenvalue weighted by atomic mass is 32.2. The zero-order valence-corrected chi connectivity index (χ0v) is 13.1. The van der Waals surface area contributed by atoms with E-state index in [-0.39, 0.29) is 11.5 Å². The van der Waals surface area contributed by atoms with Gasteiger partial charge in [-0.25, -0.2) is 13.4 Å². The number of aryl methyl sites for hydroxylation is 2. The molecule has 1 aromatic heterocycles. The van der Waals surface area contributed by atoms with Crippen LogP contribution in [0.15, 0.2) is 18.2 Å². The summed E-state index contributed by atoms with van der Waals surface area (Å²) in [5.74, 6) is 1.58. The van der Waals surface area contributed by atoms with Crippen LogP contribution in [-0.2, 0) is 21.3 Å². The van der Waals surface area contributed by atoms with Crippen LogP contribution >= 0.6 is 0 Å². The summed E-state index contributed by atoms with van der Waals surface area (Å²) in [6.07, 6.45) is 2.21. The molecule has 1 N–H and O–H groups in total. The van der Waals surface area contributed by atoms with Crippen LogP contribution < -0.4 is 0 Å². The molecule has 0 bridgehead atoms. The van der Waals surface area contributed by atoms with Gasteiger partial charge in [0.05, 0.1) is 5.75 Å². The van der Waals surface area contributed by atoms with Crippen LogP contribution in [0.3, 0.4) is 0 Å². The van der Waals surface area contributed by atoms with Gasteiger partial charge in [0.25, 0.3) is 0 Å². The van der Waals surface area contributed by atoms with E-state index in [1.165, 1.54) is 0 Å². The van der Waals surface area contributed by atoms with Crippen molar-refractivity contribution in [3.8, 4) is 0 Å². The van der Waals surface area contributed by atoms with Gasteiger partial charge in [-0.2, -0.15) is 5.10 Å². The van der Waals surface area contributed by atoms with Crippen molar-refractivity contribution in [1.82, 2.24) is 15.2 Å². The van der Waals surface area contributed by atoms with Gasteiger partial charge in [-0.3, -0.25) is 5.10 Å². The maximum absolute atomic E-state index is 12.3. The van der Waals surface area contributed by atoms with Gasteiger partial charge >= 0.3 is 0 Å². The van der Waals surface area contributed by atoms with Crippen molar-refractivity contribution in [2.75, 3.05) is 0 Å². The normalized spacial score (nSPS) is 15.3. The minimum atomic E-state index is -3.25. The van der Waals surface area contributed by atoms with Crippen molar-refractivity contribution < 1.29 is 8.42 Å². The number of hydrogen-bond acceptors (Lipinski definition) is 4. The monoisotopic (exact) mass is 305 g/mol. The zero-order chi connectivity index (χ0) is 15.0. The third kappa shape index (κ3) is 3.69. The van der Waals surface area contributed by atoms with E-state index in [1.807, 2.05) is 32.0 Å². The van der Waals surface area contributed by atoms with Gasteiger partial charge in [0.1, 0.15) is 11.6 Å². The van der Waals surface area contributed by atoms with Gasteiger partial charge in [-0.1, -0.05) is 29.3 Å². The average molecular weight is 305 g/mol. The molecule has 0 radical (unpaired) electrons. The Balaban J connectivity index is 1.73. The predicted octanol–water partition coefficient (Wildman–Crippen LogP) is 2.41. The molecule has 0 saturated heterocycles. The Bertz CT molecular complexity index is 741. The number of nitrogens with zero attached hydrogens (tertiary/aromatic N) is 2. The molecule has 0 atom stereocenters. The minimum Gasteiger partial charge on any atom is -0.262 e. The molecule has 1 fully saturated rings. The molecule has 1 aromatic carbocycles. The van der Waals surface area contributed by atoms with Crippen LogP contribution in [0.4, 0.5) is 0 Å². The first-order chi connectivity index (χ1) is 9.91. The summed E-state index contributed by atoms with van der Waals surface area (Å²) in [5.41, 5.74) is 2.99. The topological polar surface area (TPSA) is 75.7 Å². The molecule has 0 amide bonds. The summed E-state index contributed by atoms with van der Waals surface area (Å²) >= 11 is 0. The summed E-state index contributed by atoms with van der Waals surface area (Å²) < 4.78 is 24.6.